The fourth-order valence-electron chi connectivity index (χ4n) is 3.70. The SMILES string of the molecule is CC[C@H](C)C(N)C1(C(F)(F)F)c2cc(F)ccc2Nc2c1cc[nH]c2=O. The number of anilines is 2. The van der Waals surface area contributed by atoms with Crippen LogP contribution >= 0.6 is 0 Å². The number of rotatable bonds is 3. The predicted molar refractivity (Wildman–Crippen MR) is 91.0 cm³/mol. The smallest absolute Gasteiger partial charge is 0.351 e. The number of halogens is 4. The maximum Gasteiger partial charge on any atom is 0.404 e. The number of benzene rings is 1. The van der Waals surface area contributed by atoms with Gasteiger partial charge in [-0.05, 0) is 35.7 Å². The van der Waals surface area contributed by atoms with E-state index in [2.05, 4.69) is 10.3 Å². The lowest BCUT2D eigenvalue weighted by Crippen LogP contribution is -2.60. The molecule has 4 nitrogen and oxygen atoms in total. The van der Waals surface area contributed by atoms with Crippen LogP contribution in [0.2, 0.25) is 0 Å². The van der Waals surface area contributed by atoms with Crippen molar-refractivity contribution in [2.75, 3.05) is 5.32 Å². The van der Waals surface area contributed by atoms with Crippen molar-refractivity contribution >= 4 is 11.4 Å². The molecule has 0 bridgehead atoms. The number of nitrogens with two attached hydrogens (primary N) is 1. The van der Waals surface area contributed by atoms with E-state index in [1.54, 1.807) is 13.8 Å². The van der Waals surface area contributed by atoms with E-state index in [9.17, 15) is 22.4 Å². The number of fused-ring (bicyclic) bond motifs is 2. The number of hydrogen-bond donors (Lipinski definition) is 3. The first kappa shape index (κ1) is 18.4. The summed E-state index contributed by atoms with van der Waals surface area (Å²) >= 11 is 0. The minimum Gasteiger partial charge on any atom is -0.351 e. The van der Waals surface area contributed by atoms with Gasteiger partial charge in [0.15, 0.2) is 0 Å². The van der Waals surface area contributed by atoms with Gasteiger partial charge in [0.25, 0.3) is 5.56 Å². The molecule has 4 N–H and O–H groups in total. The molecule has 2 heterocycles. The fourth-order valence-corrected chi connectivity index (χ4v) is 3.70. The highest BCUT2D eigenvalue weighted by Crippen LogP contribution is 2.56. The maximum atomic E-state index is 14.6. The molecule has 1 aromatic carbocycles. The summed E-state index contributed by atoms with van der Waals surface area (Å²) < 4.78 is 57.8. The Labute approximate surface area is 147 Å². The van der Waals surface area contributed by atoms with Crippen LogP contribution in [0.25, 0.3) is 0 Å². The second-order valence-corrected chi connectivity index (χ2v) is 6.63. The monoisotopic (exact) mass is 369 g/mol. The summed E-state index contributed by atoms with van der Waals surface area (Å²) in [5.41, 5.74) is 1.98. The van der Waals surface area contributed by atoms with Gasteiger partial charge in [0.2, 0.25) is 0 Å². The van der Waals surface area contributed by atoms with Crippen LogP contribution in [0.15, 0.2) is 35.3 Å². The highest BCUT2D eigenvalue weighted by Gasteiger charge is 2.64. The number of aromatic nitrogens is 1. The zero-order valence-electron chi connectivity index (χ0n) is 14.2. The first-order valence-electron chi connectivity index (χ1n) is 8.26. The number of alkyl halides is 3. The summed E-state index contributed by atoms with van der Waals surface area (Å²) in [7, 11) is 0. The summed E-state index contributed by atoms with van der Waals surface area (Å²) in [6, 6.07) is 2.87. The van der Waals surface area contributed by atoms with Gasteiger partial charge >= 0.3 is 6.18 Å². The van der Waals surface area contributed by atoms with Crippen LogP contribution in [0.3, 0.4) is 0 Å². The highest BCUT2D eigenvalue weighted by molar-refractivity contribution is 5.76. The fraction of sp³-hybridized carbons (Fsp3) is 0.389. The minimum absolute atomic E-state index is 0.0201. The molecule has 1 aliphatic rings. The number of nitrogens with one attached hydrogen (secondary N) is 2. The summed E-state index contributed by atoms with van der Waals surface area (Å²) in [5, 5.41) is 2.71. The zero-order valence-corrected chi connectivity index (χ0v) is 14.2. The summed E-state index contributed by atoms with van der Waals surface area (Å²) in [6.07, 6.45) is -3.30. The molecule has 0 aliphatic carbocycles. The Morgan fingerprint density at radius 1 is 1.23 bits per heavy atom. The van der Waals surface area contributed by atoms with Crippen LogP contribution in [0, 0.1) is 11.7 Å². The van der Waals surface area contributed by atoms with Crippen molar-refractivity contribution in [3.05, 3.63) is 57.8 Å². The maximum absolute atomic E-state index is 14.6. The topological polar surface area (TPSA) is 70.9 Å². The van der Waals surface area contributed by atoms with Gasteiger partial charge in [-0.15, -0.1) is 0 Å². The Kier molecular flexibility index (Phi) is 4.34. The molecule has 0 fully saturated rings. The van der Waals surface area contributed by atoms with Crippen LogP contribution in [0.5, 0.6) is 0 Å². The van der Waals surface area contributed by atoms with Crippen LogP contribution in [-0.2, 0) is 5.41 Å². The molecular weight excluding hydrogens is 350 g/mol. The minimum atomic E-state index is -4.84. The van der Waals surface area contributed by atoms with Gasteiger partial charge in [0, 0.05) is 23.5 Å². The Morgan fingerprint density at radius 2 is 1.92 bits per heavy atom. The zero-order chi connectivity index (χ0) is 19.3. The Hall–Kier alpha value is -2.35. The van der Waals surface area contributed by atoms with E-state index in [0.29, 0.717) is 6.42 Å². The van der Waals surface area contributed by atoms with Gasteiger partial charge in [0.1, 0.15) is 16.9 Å². The molecule has 8 heteroatoms. The van der Waals surface area contributed by atoms with Crippen LogP contribution in [0.4, 0.5) is 28.9 Å². The molecule has 2 unspecified atom stereocenters. The average molecular weight is 369 g/mol. The Bertz CT molecular complexity index is 893. The first-order valence-corrected chi connectivity index (χ1v) is 8.26. The second kappa shape index (κ2) is 6.12. The van der Waals surface area contributed by atoms with Crippen LogP contribution in [0.1, 0.15) is 31.4 Å². The van der Waals surface area contributed by atoms with E-state index in [1.807, 2.05) is 0 Å². The van der Waals surface area contributed by atoms with E-state index >= 15 is 0 Å². The van der Waals surface area contributed by atoms with Gasteiger partial charge in [-0.1, -0.05) is 20.3 Å². The lowest BCUT2D eigenvalue weighted by atomic mass is 9.63. The molecule has 140 valence electrons. The van der Waals surface area contributed by atoms with E-state index in [1.165, 1.54) is 12.1 Å². The number of hydrogen-bond acceptors (Lipinski definition) is 3. The molecule has 1 aromatic heterocycles. The van der Waals surface area contributed by atoms with E-state index in [-0.39, 0.29) is 22.5 Å². The first-order chi connectivity index (χ1) is 12.1. The Balaban J connectivity index is 2.48. The molecule has 0 saturated heterocycles. The van der Waals surface area contributed by atoms with Crippen molar-refractivity contribution in [1.29, 1.82) is 0 Å². The molecule has 0 spiro atoms. The lowest BCUT2D eigenvalue weighted by molar-refractivity contribution is -0.187. The molecule has 0 saturated carbocycles. The van der Waals surface area contributed by atoms with Gasteiger partial charge in [-0.25, -0.2) is 4.39 Å². The molecule has 1 aliphatic heterocycles. The van der Waals surface area contributed by atoms with E-state index < -0.39 is 34.9 Å². The van der Waals surface area contributed by atoms with Gasteiger partial charge in [0.05, 0.1) is 0 Å². The Morgan fingerprint density at radius 3 is 2.54 bits per heavy atom. The lowest BCUT2D eigenvalue weighted by Gasteiger charge is -2.47. The third-order valence-corrected chi connectivity index (χ3v) is 5.26. The third-order valence-electron chi connectivity index (χ3n) is 5.26. The normalized spacial score (nSPS) is 21.3. The van der Waals surface area contributed by atoms with Gasteiger partial charge in [-0.3, -0.25) is 4.79 Å². The van der Waals surface area contributed by atoms with Crippen molar-refractivity contribution in [3.63, 3.8) is 0 Å². The summed E-state index contributed by atoms with van der Waals surface area (Å²) in [4.78, 5) is 14.6. The number of aromatic amines is 1. The largest absolute Gasteiger partial charge is 0.404 e. The summed E-state index contributed by atoms with van der Waals surface area (Å²) in [6.45, 7) is 3.35. The predicted octanol–water partition coefficient (Wildman–Crippen LogP) is 3.79. The molecule has 26 heavy (non-hydrogen) atoms. The van der Waals surface area contributed by atoms with Crippen molar-refractivity contribution in [2.24, 2.45) is 11.7 Å². The standard InChI is InChI=1S/C18H19F4N3O/c1-3-9(2)15(23)17(18(20,21)22)11-6-7-24-16(26)14(11)25-13-5-4-10(19)8-12(13)17/h4-9,15,25H,3,23H2,1-2H3,(H,24,26)/t9-,15?,17?/m0/s1. The van der Waals surface area contributed by atoms with Crippen molar-refractivity contribution in [2.45, 2.75) is 37.9 Å². The molecule has 2 aromatic rings. The summed E-state index contributed by atoms with van der Waals surface area (Å²) in [5.74, 6) is -1.33. The van der Waals surface area contributed by atoms with Crippen molar-refractivity contribution < 1.29 is 17.6 Å². The highest BCUT2D eigenvalue weighted by atomic mass is 19.4. The van der Waals surface area contributed by atoms with E-state index in [0.717, 1.165) is 18.3 Å². The van der Waals surface area contributed by atoms with E-state index in [4.69, 9.17) is 5.73 Å². The average Bonchev–Trinajstić information content (AvgIpc) is 2.58. The van der Waals surface area contributed by atoms with Gasteiger partial charge < -0.3 is 16.0 Å². The number of pyridine rings is 1. The number of H-pyrrole nitrogens is 1. The van der Waals surface area contributed by atoms with Crippen LogP contribution < -0.4 is 16.6 Å². The quantitative estimate of drug-likeness (QED) is 0.721. The van der Waals surface area contributed by atoms with Gasteiger partial charge in [-0.2, -0.15) is 13.2 Å². The molecular formula is C18H19F4N3O. The molecule has 3 atom stereocenters. The molecule has 0 amide bonds. The van der Waals surface area contributed by atoms with Crippen LogP contribution in [-0.4, -0.2) is 17.2 Å². The third kappa shape index (κ3) is 2.43. The van der Waals surface area contributed by atoms with Crippen molar-refractivity contribution in [1.82, 2.24) is 4.98 Å². The van der Waals surface area contributed by atoms with Crippen molar-refractivity contribution in [3.8, 4) is 0 Å². The second-order valence-electron chi connectivity index (χ2n) is 6.63. The molecule has 3 rings (SSSR count). The molecule has 0 radical (unpaired) electrons.